The molecule has 0 aliphatic carbocycles. The molecule has 6 heteroatoms. The number of benzene rings is 1. The lowest BCUT2D eigenvalue weighted by molar-refractivity contribution is -0.119. The highest BCUT2D eigenvalue weighted by atomic mass is 16.5. The number of methoxy groups -OCH3 is 1. The highest BCUT2D eigenvalue weighted by Gasteiger charge is 2.22. The topological polar surface area (TPSA) is 64.4 Å². The van der Waals surface area contributed by atoms with Crippen LogP contribution in [0, 0.1) is 0 Å². The van der Waals surface area contributed by atoms with Gasteiger partial charge in [-0.25, -0.2) is 4.79 Å². The van der Waals surface area contributed by atoms with Gasteiger partial charge in [-0.1, -0.05) is 0 Å². The maximum Gasteiger partial charge on any atom is 0.337 e. The van der Waals surface area contributed by atoms with E-state index in [4.69, 9.17) is 4.74 Å². The van der Waals surface area contributed by atoms with E-state index >= 15 is 0 Å². The molecule has 0 spiro atoms. The van der Waals surface area contributed by atoms with E-state index in [9.17, 15) is 9.59 Å². The molecule has 6 nitrogen and oxygen atoms in total. The van der Waals surface area contributed by atoms with Gasteiger partial charge in [0.25, 0.3) is 0 Å². The van der Waals surface area contributed by atoms with Crippen molar-refractivity contribution in [1.82, 2.24) is 9.78 Å². The average Bonchev–Trinajstić information content (AvgIpc) is 2.97. The molecule has 1 amide bonds. The Morgan fingerprint density at radius 2 is 2.17 bits per heavy atom. The lowest BCUT2D eigenvalue weighted by atomic mass is 10.0. The third kappa shape index (κ3) is 3.26. The van der Waals surface area contributed by atoms with E-state index in [1.807, 2.05) is 12.1 Å². The molecule has 23 heavy (non-hydrogen) atoms. The largest absolute Gasteiger partial charge is 0.465 e. The van der Waals surface area contributed by atoms with Crippen molar-refractivity contribution in [2.45, 2.75) is 25.8 Å². The number of hydrogen-bond donors (Lipinski definition) is 0. The number of nitrogens with zero attached hydrogens (tertiary/aromatic N) is 3. The van der Waals surface area contributed by atoms with Crippen LogP contribution in [-0.4, -0.2) is 35.3 Å². The molecule has 1 aliphatic heterocycles. The van der Waals surface area contributed by atoms with Gasteiger partial charge in [0.1, 0.15) is 6.54 Å². The first-order valence-corrected chi connectivity index (χ1v) is 7.68. The fraction of sp³-hybridized carbons (Fsp3) is 0.353. The first-order chi connectivity index (χ1) is 11.2. The summed E-state index contributed by atoms with van der Waals surface area (Å²) in [5.74, 6) is -0.353. The maximum absolute atomic E-state index is 12.6. The third-order valence-corrected chi connectivity index (χ3v) is 4.03. The lowest BCUT2D eigenvalue weighted by Gasteiger charge is -2.23. The van der Waals surface area contributed by atoms with E-state index in [1.165, 1.54) is 7.11 Å². The second kappa shape index (κ2) is 6.64. The lowest BCUT2D eigenvalue weighted by Crippen LogP contribution is -2.34. The van der Waals surface area contributed by atoms with Gasteiger partial charge in [-0.05, 0) is 49.1 Å². The zero-order valence-electron chi connectivity index (χ0n) is 13.1. The number of aryl methyl sites for hydroxylation is 1. The second-order valence-electron chi connectivity index (χ2n) is 5.54. The summed E-state index contributed by atoms with van der Waals surface area (Å²) in [5.41, 5.74) is 2.42. The van der Waals surface area contributed by atoms with Crippen LogP contribution in [0.5, 0.6) is 0 Å². The van der Waals surface area contributed by atoms with E-state index in [2.05, 4.69) is 5.10 Å². The molecule has 2 heterocycles. The molecule has 0 bridgehead atoms. The van der Waals surface area contributed by atoms with Gasteiger partial charge in [-0.2, -0.15) is 5.10 Å². The van der Waals surface area contributed by atoms with Crippen LogP contribution in [0.1, 0.15) is 28.8 Å². The van der Waals surface area contributed by atoms with Crippen LogP contribution < -0.4 is 4.90 Å². The quantitative estimate of drug-likeness (QED) is 0.814. The Bertz CT molecular complexity index is 710. The van der Waals surface area contributed by atoms with Crippen LogP contribution in [0.3, 0.4) is 0 Å². The normalized spacial score (nSPS) is 14.0. The monoisotopic (exact) mass is 313 g/mol. The molecule has 0 saturated carbocycles. The van der Waals surface area contributed by atoms with Gasteiger partial charge in [0.2, 0.25) is 5.91 Å². The number of hydrogen-bond acceptors (Lipinski definition) is 4. The van der Waals surface area contributed by atoms with E-state index in [-0.39, 0.29) is 18.4 Å². The summed E-state index contributed by atoms with van der Waals surface area (Å²) in [6.45, 7) is 0.899. The zero-order chi connectivity index (χ0) is 16.2. The summed E-state index contributed by atoms with van der Waals surface area (Å²) in [5, 5.41) is 4.09. The number of rotatable bonds is 3. The van der Waals surface area contributed by atoms with Crippen LogP contribution in [0.15, 0.2) is 36.7 Å². The summed E-state index contributed by atoms with van der Waals surface area (Å²) in [7, 11) is 1.37. The van der Waals surface area contributed by atoms with Gasteiger partial charge in [0.05, 0.1) is 12.7 Å². The van der Waals surface area contributed by atoms with Crippen molar-refractivity contribution in [1.29, 1.82) is 0 Å². The average molecular weight is 313 g/mol. The summed E-state index contributed by atoms with van der Waals surface area (Å²) in [6, 6.07) is 7.19. The number of fused-ring (bicyclic) bond motifs is 1. The molecular formula is C17H19N3O3. The fourth-order valence-electron chi connectivity index (χ4n) is 2.88. The molecule has 1 aliphatic rings. The van der Waals surface area contributed by atoms with Crippen LogP contribution >= 0.6 is 0 Å². The first kappa shape index (κ1) is 15.3. The van der Waals surface area contributed by atoms with Crippen LogP contribution in [-0.2, 0) is 22.5 Å². The molecule has 0 atom stereocenters. The first-order valence-electron chi connectivity index (χ1n) is 7.68. The molecule has 1 aromatic heterocycles. The fourth-order valence-corrected chi connectivity index (χ4v) is 2.88. The van der Waals surface area contributed by atoms with Gasteiger partial charge in [-0.3, -0.25) is 9.48 Å². The minimum Gasteiger partial charge on any atom is -0.465 e. The van der Waals surface area contributed by atoms with Gasteiger partial charge in [-0.15, -0.1) is 0 Å². The Morgan fingerprint density at radius 1 is 1.30 bits per heavy atom. The van der Waals surface area contributed by atoms with E-state index in [0.29, 0.717) is 12.1 Å². The van der Waals surface area contributed by atoms with E-state index in [0.717, 1.165) is 30.5 Å². The van der Waals surface area contributed by atoms with E-state index < -0.39 is 0 Å². The second-order valence-corrected chi connectivity index (χ2v) is 5.54. The molecule has 0 radical (unpaired) electrons. The molecule has 0 unspecified atom stereocenters. The molecular weight excluding hydrogens is 294 g/mol. The van der Waals surface area contributed by atoms with Gasteiger partial charge in [0.15, 0.2) is 0 Å². The van der Waals surface area contributed by atoms with Gasteiger partial charge < -0.3 is 9.64 Å². The summed E-state index contributed by atoms with van der Waals surface area (Å²) < 4.78 is 6.39. The Hall–Kier alpha value is -2.63. The standard InChI is InChI=1S/C17H19N3O3/c1-23-17(22)14-6-7-15-13(11-14)5-2-3-10-20(15)16(21)12-19-9-4-8-18-19/h4,6-9,11H,2-3,5,10,12H2,1H3. The number of carbonyl (C=O) groups excluding carboxylic acids is 2. The highest BCUT2D eigenvalue weighted by Crippen LogP contribution is 2.28. The number of ether oxygens (including phenoxy) is 1. The SMILES string of the molecule is COC(=O)c1ccc2c(c1)CCCCN2C(=O)Cn1cccn1. The van der Waals surface area contributed by atoms with E-state index in [1.54, 1.807) is 34.1 Å². The number of esters is 1. The molecule has 1 aromatic carbocycles. The van der Waals surface area contributed by atoms with Crippen LogP contribution in [0.4, 0.5) is 5.69 Å². The molecule has 120 valence electrons. The number of carbonyl (C=O) groups is 2. The molecule has 0 fully saturated rings. The van der Waals surface area contributed by atoms with Crippen molar-refractivity contribution in [3.05, 3.63) is 47.8 Å². The molecule has 3 rings (SSSR count). The number of amides is 1. The predicted octanol–water partition coefficient (Wildman–Crippen LogP) is 2.04. The Morgan fingerprint density at radius 3 is 2.91 bits per heavy atom. The van der Waals surface area contributed by atoms with Crippen molar-refractivity contribution < 1.29 is 14.3 Å². The molecule has 2 aromatic rings. The third-order valence-electron chi connectivity index (χ3n) is 4.03. The molecule has 0 N–H and O–H groups in total. The smallest absolute Gasteiger partial charge is 0.337 e. The summed E-state index contributed by atoms with van der Waals surface area (Å²) in [6.07, 6.45) is 6.21. The highest BCUT2D eigenvalue weighted by molar-refractivity contribution is 5.96. The maximum atomic E-state index is 12.6. The summed E-state index contributed by atoms with van der Waals surface area (Å²) in [4.78, 5) is 26.1. The zero-order valence-corrected chi connectivity index (χ0v) is 13.1. The van der Waals surface area contributed by atoms with Crippen molar-refractivity contribution in [3.63, 3.8) is 0 Å². The van der Waals surface area contributed by atoms with Gasteiger partial charge >= 0.3 is 5.97 Å². The molecule has 0 saturated heterocycles. The number of aromatic nitrogens is 2. The van der Waals surface area contributed by atoms with Crippen molar-refractivity contribution in [3.8, 4) is 0 Å². The van der Waals surface area contributed by atoms with Crippen molar-refractivity contribution in [2.75, 3.05) is 18.6 Å². The van der Waals surface area contributed by atoms with Crippen LogP contribution in [0.2, 0.25) is 0 Å². The Kier molecular flexibility index (Phi) is 4.41. The Balaban J connectivity index is 1.88. The minimum absolute atomic E-state index is 0.00247. The Labute approximate surface area is 134 Å². The predicted molar refractivity (Wildman–Crippen MR) is 85.3 cm³/mol. The van der Waals surface area contributed by atoms with Crippen molar-refractivity contribution >= 4 is 17.6 Å². The minimum atomic E-state index is -0.355. The van der Waals surface area contributed by atoms with Crippen molar-refractivity contribution in [2.24, 2.45) is 0 Å². The van der Waals surface area contributed by atoms with Gasteiger partial charge in [0, 0.05) is 24.6 Å². The summed E-state index contributed by atoms with van der Waals surface area (Å²) >= 11 is 0. The number of anilines is 1. The van der Waals surface area contributed by atoms with Crippen LogP contribution in [0.25, 0.3) is 0 Å².